The fourth-order valence-corrected chi connectivity index (χ4v) is 3.03. The zero-order valence-corrected chi connectivity index (χ0v) is 14.5. The molecule has 1 saturated heterocycles. The van der Waals surface area contributed by atoms with Gasteiger partial charge in [-0.3, -0.25) is 9.59 Å². The van der Waals surface area contributed by atoms with Crippen LogP contribution in [0.5, 0.6) is 5.75 Å². The van der Waals surface area contributed by atoms with Gasteiger partial charge in [0.2, 0.25) is 11.8 Å². The van der Waals surface area contributed by atoms with Crippen LogP contribution in [0.15, 0.2) is 48.5 Å². The SMILES string of the molecule is COc1ccc(N2C[C@H](C(=O)NCc3ccccc3C)CC2=O)cc1. The van der Waals surface area contributed by atoms with Crippen LogP contribution in [-0.4, -0.2) is 25.5 Å². The van der Waals surface area contributed by atoms with E-state index in [0.717, 1.165) is 22.6 Å². The fraction of sp³-hybridized carbons (Fsp3) is 0.300. The standard InChI is InChI=1S/C20H22N2O3/c1-14-5-3-4-6-15(14)12-21-20(24)16-11-19(23)22(13-16)17-7-9-18(25-2)10-8-17/h3-10,16H,11-13H2,1-2H3,(H,21,24)/t16-/m1/s1. The summed E-state index contributed by atoms with van der Waals surface area (Å²) in [6, 6.07) is 15.3. The summed E-state index contributed by atoms with van der Waals surface area (Å²) in [6.07, 6.45) is 0.242. The predicted molar refractivity (Wildman–Crippen MR) is 96.5 cm³/mol. The maximum absolute atomic E-state index is 12.4. The molecule has 2 aromatic carbocycles. The van der Waals surface area contributed by atoms with E-state index in [1.807, 2.05) is 55.5 Å². The number of carbonyl (C=O) groups excluding carboxylic acids is 2. The van der Waals surface area contributed by atoms with Gasteiger partial charge in [0, 0.05) is 25.2 Å². The highest BCUT2D eigenvalue weighted by Crippen LogP contribution is 2.27. The van der Waals surface area contributed by atoms with Gasteiger partial charge in [0.15, 0.2) is 0 Å². The first-order valence-electron chi connectivity index (χ1n) is 8.35. The Balaban J connectivity index is 1.61. The van der Waals surface area contributed by atoms with Gasteiger partial charge in [-0.2, -0.15) is 0 Å². The van der Waals surface area contributed by atoms with Crippen molar-refractivity contribution < 1.29 is 14.3 Å². The summed E-state index contributed by atoms with van der Waals surface area (Å²) in [5, 5.41) is 2.95. The Kier molecular flexibility index (Phi) is 5.03. The second-order valence-electron chi connectivity index (χ2n) is 6.25. The molecule has 0 bridgehead atoms. The lowest BCUT2D eigenvalue weighted by Crippen LogP contribution is -2.32. The van der Waals surface area contributed by atoms with Crippen LogP contribution in [0, 0.1) is 12.8 Å². The van der Waals surface area contributed by atoms with Crippen LogP contribution in [0.3, 0.4) is 0 Å². The number of hydrogen-bond donors (Lipinski definition) is 1. The number of anilines is 1. The number of hydrogen-bond acceptors (Lipinski definition) is 3. The molecular formula is C20H22N2O3. The van der Waals surface area contributed by atoms with Crippen LogP contribution in [-0.2, 0) is 16.1 Å². The number of rotatable bonds is 5. The molecule has 1 fully saturated rings. The van der Waals surface area contributed by atoms with Crippen molar-refractivity contribution in [3.8, 4) is 5.75 Å². The number of benzene rings is 2. The summed E-state index contributed by atoms with van der Waals surface area (Å²) in [5.74, 6) is 0.315. The lowest BCUT2D eigenvalue weighted by Gasteiger charge is -2.17. The molecule has 5 heteroatoms. The van der Waals surface area contributed by atoms with Gasteiger partial charge in [0.1, 0.15) is 5.75 Å². The molecule has 0 radical (unpaired) electrons. The highest BCUT2D eigenvalue weighted by Gasteiger charge is 2.35. The van der Waals surface area contributed by atoms with E-state index in [9.17, 15) is 9.59 Å². The Labute approximate surface area is 147 Å². The minimum Gasteiger partial charge on any atom is -0.497 e. The Bertz CT molecular complexity index is 771. The molecule has 0 aliphatic carbocycles. The van der Waals surface area contributed by atoms with E-state index in [0.29, 0.717) is 13.1 Å². The minimum atomic E-state index is -0.321. The van der Waals surface area contributed by atoms with Crippen molar-refractivity contribution in [1.29, 1.82) is 0 Å². The van der Waals surface area contributed by atoms with Crippen molar-refractivity contribution in [2.45, 2.75) is 19.9 Å². The van der Waals surface area contributed by atoms with Crippen LogP contribution < -0.4 is 15.0 Å². The number of carbonyl (C=O) groups is 2. The predicted octanol–water partition coefficient (Wildman–Crippen LogP) is 2.67. The molecule has 0 saturated carbocycles. The fourth-order valence-electron chi connectivity index (χ4n) is 3.03. The van der Waals surface area contributed by atoms with E-state index in [1.54, 1.807) is 12.0 Å². The van der Waals surface area contributed by atoms with Gasteiger partial charge in [-0.1, -0.05) is 24.3 Å². The minimum absolute atomic E-state index is 0.0267. The molecule has 0 spiro atoms. The first kappa shape index (κ1) is 17.0. The van der Waals surface area contributed by atoms with Crippen molar-refractivity contribution in [2.75, 3.05) is 18.6 Å². The van der Waals surface area contributed by atoms with E-state index in [4.69, 9.17) is 4.74 Å². The highest BCUT2D eigenvalue weighted by molar-refractivity contribution is 6.00. The third-order valence-corrected chi connectivity index (χ3v) is 4.59. The molecule has 1 N–H and O–H groups in total. The van der Waals surface area contributed by atoms with Crippen LogP contribution >= 0.6 is 0 Å². The molecule has 1 atom stereocenters. The summed E-state index contributed by atoms with van der Waals surface area (Å²) >= 11 is 0. The first-order chi connectivity index (χ1) is 12.1. The summed E-state index contributed by atoms with van der Waals surface area (Å²) in [5.41, 5.74) is 3.03. The van der Waals surface area contributed by atoms with Crippen molar-refractivity contribution >= 4 is 17.5 Å². The summed E-state index contributed by atoms with van der Waals surface area (Å²) in [7, 11) is 1.60. The Hall–Kier alpha value is -2.82. The zero-order chi connectivity index (χ0) is 17.8. The average molecular weight is 338 g/mol. The largest absolute Gasteiger partial charge is 0.497 e. The maximum atomic E-state index is 12.4. The third-order valence-electron chi connectivity index (χ3n) is 4.59. The molecule has 5 nitrogen and oxygen atoms in total. The lowest BCUT2D eigenvalue weighted by molar-refractivity contribution is -0.126. The van der Waals surface area contributed by atoms with Gasteiger partial charge < -0.3 is 15.0 Å². The Morgan fingerprint density at radius 2 is 1.92 bits per heavy atom. The van der Waals surface area contributed by atoms with E-state index < -0.39 is 0 Å². The van der Waals surface area contributed by atoms with E-state index in [1.165, 1.54) is 0 Å². The van der Waals surface area contributed by atoms with Crippen LogP contribution in [0.25, 0.3) is 0 Å². The molecule has 2 aromatic rings. The molecule has 1 aliphatic heterocycles. The van der Waals surface area contributed by atoms with Gasteiger partial charge >= 0.3 is 0 Å². The van der Waals surface area contributed by atoms with Crippen LogP contribution in [0.4, 0.5) is 5.69 Å². The third kappa shape index (κ3) is 3.82. The number of nitrogens with one attached hydrogen (secondary N) is 1. The van der Waals surface area contributed by atoms with Crippen molar-refractivity contribution in [1.82, 2.24) is 5.32 Å². The van der Waals surface area contributed by atoms with Gasteiger partial charge in [-0.25, -0.2) is 0 Å². The molecular weight excluding hydrogens is 316 g/mol. The summed E-state index contributed by atoms with van der Waals surface area (Å²) < 4.78 is 5.13. The number of amides is 2. The lowest BCUT2D eigenvalue weighted by atomic mass is 10.1. The van der Waals surface area contributed by atoms with E-state index in [2.05, 4.69) is 5.32 Å². The molecule has 0 aromatic heterocycles. The quantitative estimate of drug-likeness (QED) is 0.912. The van der Waals surface area contributed by atoms with E-state index >= 15 is 0 Å². The second-order valence-corrected chi connectivity index (χ2v) is 6.25. The molecule has 25 heavy (non-hydrogen) atoms. The number of nitrogens with zero attached hydrogens (tertiary/aromatic N) is 1. The number of aryl methyl sites for hydroxylation is 1. The Morgan fingerprint density at radius 3 is 2.60 bits per heavy atom. The Morgan fingerprint density at radius 1 is 1.20 bits per heavy atom. The molecule has 3 rings (SSSR count). The monoisotopic (exact) mass is 338 g/mol. The number of ether oxygens (including phenoxy) is 1. The smallest absolute Gasteiger partial charge is 0.227 e. The van der Waals surface area contributed by atoms with Crippen molar-refractivity contribution in [2.24, 2.45) is 5.92 Å². The second kappa shape index (κ2) is 7.38. The molecule has 2 amide bonds. The molecule has 1 heterocycles. The topological polar surface area (TPSA) is 58.6 Å². The summed E-state index contributed by atoms with van der Waals surface area (Å²) in [4.78, 5) is 26.4. The van der Waals surface area contributed by atoms with E-state index in [-0.39, 0.29) is 24.2 Å². The normalized spacial score (nSPS) is 16.8. The maximum Gasteiger partial charge on any atom is 0.227 e. The molecule has 0 unspecified atom stereocenters. The average Bonchev–Trinajstić information content (AvgIpc) is 3.03. The molecule has 130 valence electrons. The van der Waals surface area contributed by atoms with Gasteiger partial charge in [-0.05, 0) is 42.3 Å². The molecule has 1 aliphatic rings. The zero-order valence-electron chi connectivity index (χ0n) is 14.5. The first-order valence-corrected chi connectivity index (χ1v) is 8.35. The van der Waals surface area contributed by atoms with Crippen LogP contribution in [0.2, 0.25) is 0 Å². The highest BCUT2D eigenvalue weighted by atomic mass is 16.5. The summed E-state index contributed by atoms with van der Waals surface area (Å²) in [6.45, 7) is 2.91. The van der Waals surface area contributed by atoms with Gasteiger partial charge in [-0.15, -0.1) is 0 Å². The van der Waals surface area contributed by atoms with Crippen LogP contribution in [0.1, 0.15) is 17.5 Å². The van der Waals surface area contributed by atoms with Gasteiger partial charge in [0.05, 0.1) is 13.0 Å². The van der Waals surface area contributed by atoms with Crippen molar-refractivity contribution in [3.63, 3.8) is 0 Å². The van der Waals surface area contributed by atoms with Gasteiger partial charge in [0.25, 0.3) is 0 Å². The number of methoxy groups -OCH3 is 1. The van der Waals surface area contributed by atoms with Crippen molar-refractivity contribution in [3.05, 3.63) is 59.7 Å².